The average Bonchev–Trinajstić information content (AvgIpc) is 2.16. The van der Waals surface area contributed by atoms with Crippen molar-refractivity contribution in [2.45, 2.75) is 19.4 Å². The van der Waals surface area contributed by atoms with Gasteiger partial charge in [0.2, 0.25) is 5.91 Å². The van der Waals surface area contributed by atoms with Crippen molar-refractivity contribution in [3.8, 4) is 0 Å². The third-order valence-corrected chi connectivity index (χ3v) is 1.70. The Labute approximate surface area is 84.9 Å². The largest absolute Gasteiger partial charge is 0.379 e. The number of amides is 1. The summed E-state index contributed by atoms with van der Waals surface area (Å²) < 4.78 is 10.4. The molecule has 0 aliphatic carbocycles. The number of hydrogen-bond acceptors (Lipinski definition) is 4. The molecule has 0 aromatic carbocycles. The van der Waals surface area contributed by atoms with Gasteiger partial charge in [-0.05, 0) is 13.5 Å². The number of primary amides is 1. The van der Waals surface area contributed by atoms with Gasteiger partial charge in [-0.3, -0.25) is 4.79 Å². The number of rotatable bonds is 9. The maximum atomic E-state index is 10.7. The number of carbonyl (C=O) groups is 1. The monoisotopic (exact) mass is 204 g/mol. The third-order valence-electron chi connectivity index (χ3n) is 1.70. The first-order valence-electron chi connectivity index (χ1n) is 4.84. The van der Waals surface area contributed by atoms with Crippen LogP contribution in [0.2, 0.25) is 0 Å². The van der Waals surface area contributed by atoms with Crippen LogP contribution in [0.3, 0.4) is 0 Å². The van der Waals surface area contributed by atoms with Gasteiger partial charge in [-0.25, -0.2) is 0 Å². The number of nitrogens with one attached hydrogen (secondary N) is 1. The van der Waals surface area contributed by atoms with E-state index in [1.54, 1.807) is 7.05 Å². The van der Waals surface area contributed by atoms with Crippen LogP contribution < -0.4 is 11.1 Å². The standard InChI is InChI=1S/C9H20N2O3/c1-3-4-13-5-6-14-7-8(11-2)9(10)12/h8,11H,3-7H2,1-2H3,(H2,10,12). The quantitative estimate of drug-likeness (QED) is 0.497. The minimum Gasteiger partial charge on any atom is -0.379 e. The summed E-state index contributed by atoms with van der Waals surface area (Å²) in [6, 6.07) is -0.416. The number of ether oxygens (including phenoxy) is 2. The SMILES string of the molecule is CCCOCCOCC(NC)C(N)=O. The molecule has 1 amide bonds. The average molecular weight is 204 g/mol. The lowest BCUT2D eigenvalue weighted by Gasteiger charge is -2.12. The van der Waals surface area contributed by atoms with Crippen molar-refractivity contribution in [1.82, 2.24) is 5.32 Å². The highest BCUT2D eigenvalue weighted by molar-refractivity contribution is 5.79. The fraction of sp³-hybridized carbons (Fsp3) is 0.889. The van der Waals surface area contributed by atoms with Crippen LogP contribution in [-0.2, 0) is 14.3 Å². The van der Waals surface area contributed by atoms with E-state index in [0.717, 1.165) is 13.0 Å². The molecule has 0 aromatic rings. The van der Waals surface area contributed by atoms with Crippen LogP contribution >= 0.6 is 0 Å². The van der Waals surface area contributed by atoms with Crippen LogP contribution in [0.15, 0.2) is 0 Å². The van der Waals surface area contributed by atoms with Gasteiger partial charge in [-0.2, -0.15) is 0 Å². The zero-order chi connectivity index (χ0) is 10.8. The molecule has 0 saturated heterocycles. The fourth-order valence-electron chi connectivity index (χ4n) is 0.873. The molecule has 0 spiro atoms. The second-order valence-electron chi connectivity index (χ2n) is 2.93. The fourth-order valence-corrected chi connectivity index (χ4v) is 0.873. The van der Waals surface area contributed by atoms with E-state index in [9.17, 15) is 4.79 Å². The van der Waals surface area contributed by atoms with Crippen molar-refractivity contribution in [2.24, 2.45) is 5.73 Å². The summed E-state index contributed by atoms with van der Waals surface area (Å²) in [7, 11) is 1.67. The van der Waals surface area contributed by atoms with E-state index in [1.165, 1.54) is 0 Å². The summed E-state index contributed by atoms with van der Waals surface area (Å²) >= 11 is 0. The van der Waals surface area contributed by atoms with Gasteiger partial charge in [0, 0.05) is 6.61 Å². The van der Waals surface area contributed by atoms with Gasteiger partial charge in [0.1, 0.15) is 6.04 Å². The Hall–Kier alpha value is -0.650. The summed E-state index contributed by atoms with van der Waals surface area (Å²) in [5.41, 5.74) is 5.10. The van der Waals surface area contributed by atoms with Gasteiger partial charge in [-0.1, -0.05) is 6.92 Å². The Morgan fingerprint density at radius 1 is 1.36 bits per heavy atom. The lowest BCUT2D eigenvalue weighted by Crippen LogP contribution is -2.42. The summed E-state index contributed by atoms with van der Waals surface area (Å²) in [6.45, 7) is 4.13. The molecule has 84 valence electrons. The third kappa shape index (κ3) is 6.82. The molecular formula is C9H20N2O3. The molecule has 3 N–H and O–H groups in total. The van der Waals surface area contributed by atoms with Crippen molar-refractivity contribution >= 4 is 5.91 Å². The number of nitrogens with two attached hydrogens (primary N) is 1. The summed E-state index contributed by atoms with van der Waals surface area (Å²) in [6.07, 6.45) is 1.00. The van der Waals surface area contributed by atoms with Crippen molar-refractivity contribution in [2.75, 3.05) is 33.5 Å². The predicted molar refractivity (Wildman–Crippen MR) is 54.0 cm³/mol. The summed E-state index contributed by atoms with van der Waals surface area (Å²) in [5, 5.41) is 2.76. The number of carbonyl (C=O) groups excluding carboxylic acids is 1. The van der Waals surface area contributed by atoms with E-state index >= 15 is 0 Å². The van der Waals surface area contributed by atoms with Crippen molar-refractivity contribution in [3.05, 3.63) is 0 Å². The Morgan fingerprint density at radius 2 is 2.00 bits per heavy atom. The molecule has 0 radical (unpaired) electrons. The molecule has 0 heterocycles. The molecule has 0 aliphatic rings. The van der Waals surface area contributed by atoms with Gasteiger partial charge in [0.15, 0.2) is 0 Å². The van der Waals surface area contributed by atoms with Crippen molar-refractivity contribution in [1.29, 1.82) is 0 Å². The van der Waals surface area contributed by atoms with Crippen LogP contribution in [0.4, 0.5) is 0 Å². The van der Waals surface area contributed by atoms with Crippen LogP contribution in [-0.4, -0.2) is 45.4 Å². The van der Waals surface area contributed by atoms with Gasteiger partial charge < -0.3 is 20.5 Å². The summed E-state index contributed by atoms with van der Waals surface area (Å²) in [5.74, 6) is -0.401. The summed E-state index contributed by atoms with van der Waals surface area (Å²) in [4.78, 5) is 10.7. The van der Waals surface area contributed by atoms with Crippen molar-refractivity contribution in [3.63, 3.8) is 0 Å². The molecule has 0 fully saturated rings. The van der Waals surface area contributed by atoms with E-state index in [-0.39, 0.29) is 0 Å². The smallest absolute Gasteiger partial charge is 0.236 e. The molecular weight excluding hydrogens is 184 g/mol. The highest BCUT2D eigenvalue weighted by Gasteiger charge is 2.11. The van der Waals surface area contributed by atoms with Crippen LogP contribution in [0.25, 0.3) is 0 Å². The molecule has 5 nitrogen and oxygen atoms in total. The van der Waals surface area contributed by atoms with E-state index in [1.807, 2.05) is 6.92 Å². The Morgan fingerprint density at radius 3 is 2.50 bits per heavy atom. The predicted octanol–water partition coefficient (Wildman–Crippen LogP) is -0.497. The molecule has 1 unspecified atom stereocenters. The zero-order valence-electron chi connectivity index (χ0n) is 8.91. The second-order valence-corrected chi connectivity index (χ2v) is 2.93. The number of hydrogen-bond donors (Lipinski definition) is 2. The maximum Gasteiger partial charge on any atom is 0.236 e. The molecule has 14 heavy (non-hydrogen) atoms. The normalized spacial score (nSPS) is 12.7. The Kier molecular flexibility index (Phi) is 8.51. The minimum absolute atomic E-state index is 0.293. The highest BCUT2D eigenvalue weighted by Crippen LogP contribution is 1.86. The Balaban J connectivity index is 3.29. The first-order valence-corrected chi connectivity index (χ1v) is 4.84. The zero-order valence-corrected chi connectivity index (χ0v) is 8.91. The van der Waals surface area contributed by atoms with Gasteiger partial charge in [-0.15, -0.1) is 0 Å². The highest BCUT2D eigenvalue weighted by atomic mass is 16.5. The molecule has 1 atom stereocenters. The maximum absolute atomic E-state index is 10.7. The molecule has 0 saturated carbocycles. The molecule has 0 aliphatic heterocycles. The van der Waals surface area contributed by atoms with Crippen LogP contribution in [0.5, 0.6) is 0 Å². The lowest BCUT2D eigenvalue weighted by molar-refractivity contribution is -0.121. The molecule has 0 rings (SSSR count). The van der Waals surface area contributed by atoms with Gasteiger partial charge in [0.05, 0.1) is 19.8 Å². The minimum atomic E-state index is -0.416. The lowest BCUT2D eigenvalue weighted by atomic mass is 10.3. The van der Waals surface area contributed by atoms with Gasteiger partial charge in [0.25, 0.3) is 0 Å². The van der Waals surface area contributed by atoms with E-state index in [4.69, 9.17) is 15.2 Å². The molecule has 0 bridgehead atoms. The van der Waals surface area contributed by atoms with E-state index in [2.05, 4.69) is 5.32 Å². The van der Waals surface area contributed by atoms with Crippen LogP contribution in [0, 0.1) is 0 Å². The van der Waals surface area contributed by atoms with Crippen molar-refractivity contribution < 1.29 is 14.3 Å². The first-order chi connectivity index (χ1) is 6.72. The molecule has 5 heteroatoms. The number of likely N-dealkylation sites (N-methyl/N-ethyl adjacent to an activating group) is 1. The van der Waals surface area contributed by atoms with Gasteiger partial charge >= 0.3 is 0 Å². The van der Waals surface area contributed by atoms with Crippen LogP contribution in [0.1, 0.15) is 13.3 Å². The molecule has 0 aromatic heterocycles. The van der Waals surface area contributed by atoms with E-state index < -0.39 is 11.9 Å². The van der Waals surface area contributed by atoms with E-state index in [0.29, 0.717) is 19.8 Å². The topological polar surface area (TPSA) is 73.6 Å². The second kappa shape index (κ2) is 8.93. The Bertz CT molecular complexity index is 153. The first kappa shape index (κ1) is 13.4.